The number of hydrogen-bond donors (Lipinski definition) is 1. The van der Waals surface area contributed by atoms with Crippen LogP contribution in [0.5, 0.6) is 5.75 Å². The van der Waals surface area contributed by atoms with Crippen LogP contribution in [0.3, 0.4) is 0 Å². The van der Waals surface area contributed by atoms with Crippen LogP contribution in [0.4, 0.5) is 0 Å². The number of nitrogens with zero attached hydrogens (tertiary/aromatic N) is 1. The van der Waals surface area contributed by atoms with E-state index in [1.165, 1.54) is 16.0 Å². The first kappa shape index (κ1) is 16.4. The van der Waals surface area contributed by atoms with Crippen LogP contribution in [-0.4, -0.2) is 30.6 Å². The highest BCUT2D eigenvalue weighted by Gasteiger charge is 2.23. The van der Waals surface area contributed by atoms with Crippen molar-refractivity contribution in [1.82, 2.24) is 4.90 Å². The van der Waals surface area contributed by atoms with Crippen LogP contribution < -0.4 is 0 Å². The predicted molar refractivity (Wildman–Crippen MR) is 98.5 cm³/mol. The van der Waals surface area contributed by atoms with Crippen molar-refractivity contribution in [3.05, 3.63) is 58.6 Å². The molecule has 4 heteroatoms. The van der Waals surface area contributed by atoms with Crippen LogP contribution >= 0.6 is 23.4 Å². The summed E-state index contributed by atoms with van der Waals surface area (Å²) in [7, 11) is 4.18. The Bertz CT molecular complexity index is 755. The Morgan fingerprint density at radius 1 is 1.17 bits per heavy atom. The largest absolute Gasteiger partial charge is 0.507 e. The zero-order chi connectivity index (χ0) is 16.4. The van der Waals surface area contributed by atoms with Crippen molar-refractivity contribution in [1.29, 1.82) is 0 Å². The lowest BCUT2D eigenvalue weighted by Gasteiger charge is -2.23. The summed E-state index contributed by atoms with van der Waals surface area (Å²) in [5.41, 5.74) is 3.42. The van der Waals surface area contributed by atoms with Crippen molar-refractivity contribution in [3.63, 3.8) is 0 Å². The van der Waals surface area contributed by atoms with Gasteiger partial charge in [-0.25, -0.2) is 0 Å². The third-order valence-electron chi connectivity index (χ3n) is 3.87. The fourth-order valence-corrected chi connectivity index (χ4v) is 4.10. The van der Waals surface area contributed by atoms with Crippen LogP contribution in [0.15, 0.2) is 52.3 Å². The van der Waals surface area contributed by atoms with Crippen molar-refractivity contribution in [2.75, 3.05) is 20.6 Å². The Balaban J connectivity index is 2.02. The van der Waals surface area contributed by atoms with Crippen molar-refractivity contribution in [2.24, 2.45) is 0 Å². The minimum atomic E-state index is 0.256. The summed E-state index contributed by atoms with van der Waals surface area (Å²) in [4.78, 5) is 4.27. The average molecular weight is 346 g/mol. The van der Waals surface area contributed by atoms with Gasteiger partial charge in [-0.05, 0) is 62.8 Å². The van der Waals surface area contributed by atoms with Gasteiger partial charge < -0.3 is 10.0 Å². The van der Waals surface area contributed by atoms with E-state index in [1.54, 1.807) is 17.8 Å². The Hall–Kier alpha value is -1.42. The number of allylic oxidation sites excluding steroid dienone is 1. The van der Waals surface area contributed by atoms with E-state index in [9.17, 15) is 5.11 Å². The van der Waals surface area contributed by atoms with Crippen LogP contribution in [-0.2, 0) is 0 Å². The fourth-order valence-electron chi connectivity index (χ4n) is 2.79. The monoisotopic (exact) mass is 345 g/mol. The number of aromatic hydroxyl groups is 1. The van der Waals surface area contributed by atoms with E-state index in [1.807, 2.05) is 12.1 Å². The molecule has 1 N–H and O–H groups in total. The molecule has 0 aliphatic carbocycles. The second-order valence-electron chi connectivity index (χ2n) is 5.96. The molecule has 1 aliphatic rings. The highest BCUT2D eigenvalue weighted by atomic mass is 35.5. The number of hydrogen-bond acceptors (Lipinski definition) is 3. The number of rotatable bonds is 4. The maximum Gasteiger partial charge on any atom is 0.131 e. The second-order valence-corrected chi connectivity index (χ2v) is 7.45. The van der Waals surface area contributed by atoms with Gasteiger partial charge in [-0.2, -0.15) is 0 Å². The number of unbranched alkanes of at least 4 members (excludes halogenated alkanes) is 1. The SMILES string of the molecule is CN(C)CCC/C=C1/c2ccccc2Sc2c(O)cc(Cl)cc21. The maximum atomic E-state index is 10.3. The molecule has 0 radical (unpaired) electrons. The van der Waals surface area contributed by atoms with E-state index >= 15 is 0 Å². The van der Waals surface area contributed by atoms with Gasteiger partial charge in [0, 0.05) is 15.5 Å². The van der Waals surface area contributed by atoms with E-state index in [-0.39, 0.29) is 5.75 Å². The smallest absolute Gasteiger partial charge is 0.131 e. The Morgan fingerprint density at radius 3 is 2.74 bits per heavy atom. The number of phenols is 1. The van der Waals surface area contributed by atoms with Crippen LogP contribution in [0, 0.1) is 0 Å². The van der Waals surface area contributed by atoms with E-state index < -0.39 is 0 Å². The molecule has 0 saturated heterocycles. The molecule has 3 rings (SSSR count). The molecule has 0 spiro atoms. The minimum absolute atomic E-state index is 0.256. The second kappa shape index (κ2) is 7.00. The first-order chi connectivity index (χ1) is 11.1. The van der Waals surface area contributed by atoms with Gasteiger partial charge in [0.1, 0.15) is 5.75 Å². The summed E-state index contributed by atoms with van der Waals surface area (Å²) in [6.07, 6.45) is 4.38. The van der Waals surface area contributed by atoms with Crippen LogP contribution in [0.2, 0.25) is 5.02 Å². The summed E-state index contributed by atoms with van der Waals surface area (Å²) in [6.45, 7) is 1.06. The van der Waals surface area contributed by atoms with Gasteiger partial charge in [-0.3, -0.25) is 0 Å². The zero-order valence-electron chi connectivity index (χ0n) is 13.3. The van der Waals surface area contributed by atoms with E-state index in [0.717, 1.165) is 29.8 Å². The first-order valence-electron chi connectivity index (χ1n) is 7.71. The van der Waals surface area contributed by atoms with Crippen molar-refractivity contribution in [3.8, 4) is 5.75 Å². The lowest BCUT2D eigenvalue weighted by Crippen LogP contribution is -2.12. The normalized spacial score (nSPS) is 14.9. The summed E-state index contributed by atoms with van der Waals surface area (Å²) in [5.74, 6) is 0.256. The number of fused-ring (bicyclic) bond motifs is 2. The van der Waals surface area contributed by atoms with Gasteiger partial charge in [-0.15, -0.1) is 0 Å². The molecule has 0 aromatic heterocycles. The third kappa shape index (κ3) is 3.57. The quantitative estimate of drug-likeness (QED) is 0.650. The summed E-state index contributed by atoms with van der Waals surface area (Å²) >= 11 is 7.78. The molecular weight excluding hydrogens is 326 g/mol. The van der Waals surface area contributed by atoms with E-state index in [0.29, 0.717) is 5.02 Å². The molecule has 2 nitrogen and oxygen atoms in total. The fraction of sp³-hybridized carbons (Fsp3) is 0.263. The molecule has 1 heterocycles. The summed E-state index contributed by atoms with van der Waals surface area (Å²) < 4.78 is 0. The average Bonchev–Trinajstić information content (AvgIpc) is 2.51. The zero-order valence-corrected chi connectivity index (χ0v) is 14.9. The Morgan fingerprint density at radius 2 is 1.96 bits per heavy atom. The molecule has 0 bridgehead atoms. The van der Waals surface area contributed by atoms with Gasteiger partial charge in [0.2, 0.25) is 0 Å². The lowest BCUT2D eigenvalue weighted by molar-refractivity contribution is 0.402. The summed E-state index contributed by atoms with van der Waals surface area (Å²) in [5, 5.41) is 10.9. The van der Waals surface area contributed by atoms with E-state index in [4.69, 9.17) is 11.6 Å². The third-order valence-corrected chi connectivity index (χ3v) is 5.30. The molecule has 23 heavy (non-hydrogen) atoms. The van der Waals surface area contributed by atoms with Crippen molar-refractivity contribution in [2.45, 2.75) is 22.6 Å². The molecule has 2 aromatic carbocycles. The predicted octanol–water partition coefficient (Wildman–Crippen LogP) is 5.28. The Labute approximate surface area is 146 Å². The summed E-state index contributed by atoms with van der Waals surface area (Å²) in [6, 6.07) is 11.9. The molecule has 0 saturated carbocycles. The highest BCUT2D eigenvalue weighted by molar-refractivity contribution is 7.99. The van der Waals surface area contributed by atoms with Crippen LogP contribution in [0.25, 0.3) is 5.57 Å². The molecular formula is C19H20ClNOS. The molecule has 1 aliphatic heterocycles. The van der Waals surface area contributed by atoms with Gasteiger partial charge >= 0.3 is 0 Å². The molecule has 0 atom stereocenters. The van der Waals surface area contributed by atoms with Crippen molar-refractivity contribution >= 4 is 28.9 Å². The molecule has 0 unspecified atom stereocenters. The molecule has 2 aromatic rings. The van der Waals surface area contributed by atoms with Crippen LogP contribution in [0.1, 0.15) is 24.0 Å². The molecule has 0 amide bonds. The van der Waals surface area contributed by atoms with Crippen molar-refractivity contribution < 1.29 is 5.11 Å². The highest BCUT2D eigenvalue weighted by Crippen LogP contribution is 2.49. The maximum absolute atomic E-state index is 10.3. The van der Waals surface area contributed by atoms with Gasteiger partial charge in [-0.1, -0.05) is 47.6 Å². The van der Waals surface area contributed by atoms with Gasteiger partial charge in [0.05, 0.1) is 4.90 Å². The van der Waals surface area contributed by atoms with E-state index in [2.05, 4.69) is 43.3 Å². The van der Waals surface area contributed by atoms with Gasteiger partial charge in [0.25, 0.3) is 0 Å². The van der Waals surface area contributed by atoms with Gasteiger partial charge in [0.15, 0.2) is 0 Å². The number of phenolic OH excluding ortho intramolecular Hbond substituents is 1. The number of benzene rings is 2. The minimum Gasteiger partial charge on any atom is -0.507 e. The number of halogens is 1. The topological polar surface area (TPSA) is 23.5 Å². The lowest BCUT2D eigenvalue weighted by atomic mass is 9.95. The Kier molecular flexibility index (Phi) is 5.00. The molecule has 120 valence electrons. The standard InChI is InChI=1S/C19H20ClNOS/c1-21(2)10-6-5-7-14-15-8-3-4-9-18(15)23-19-16(14)11-13(20)12-17(19)22/h3-4,7-9,11-12,22H,5-6,10H2,1-2H3/b14-7-. The molecule has 0 fully saturated rings. The first-order valence-corrected chi connectivity index (χ1v) is 8.90.